The highest BCUT2D eigenvalue weighted by atomic mass is 32.1. The first-order valence-electron chi connectivity index (χ1n) is 11.2. The summed E-state index contributed by atoms with van der Waals surface area (Å²) in [7, 11) is 1.62. The molecule has 7 nitrogen and oxygen atoms in total. The molecule has 0 spiro atoms. The number of aromatic nitrogens is 1. The molecule has 3 aromatic rings. The van der Waals surface area contributed by atoms with Gasteiger partial charge in [0.05, 0.1) is 38.9 Å². The molecule has 0 saturated carbocycles. The molecule has 3 heterocycles. The number of ether oxygens (including phenoxy) is 2. The molecular weight excluding hydrogens is 456 g/mol. The molecule has 0 bridgehead atoms. The predicted octanol–water partition coefficient (Wildman–Crippen LogP) is 3.20. The number of thiophene rings is 1. The lowest BCUT2D eigenvalue weighted by Gasteiger charge is -2.28. The predicted molar refractivity (Wildman–Crippen MR) is 137 cm³/mol. The minimum atomic E-state index is -0.109. The van der Waals surface area contributed by atoms with Crippen molar-refractivity contribution in [3.8, 4) is 5.75 Å². The van der Waals surface area contributed by atoms with Crippen LogP contribution in [0.25, 0.3) is 10.9 Å². The van der Waals surface area contributed by atoms with E-state index in [9.17, 15) is 4.79 Å². The fraction of sp³-hybridized carbons (Fsp3) is 0.417. The summed E-state index contributed by atoms with van der Waals surface area (Å²) in [5.41, 5.74) is 1.33. The Morgan fingerprint density at radius 3 is 2.88 bits per heavy atom. The van der Waals surface area contributed by atoms with Crippen LogP contribution in [0.4, 0.5) is 0 Å². The summed E-state index contributed by atoms with van der Waals surface area (Å²) >= 11 is 7.44. The Hall–Kier alpha value is -2.46. The zero-order valence-corrected chi connectivity index (χ0v) is 20.5. The van der Waals surface area contributed by atoms with Crippen LogP contribution in [0.15, 0.2) is 46.6 Å². The summed E-state index contributed by atoms with van der Waals surface area (Å²) in [5.74, 6) is 0.715. The molecule has 33 heavy (non-hydrogen) atoms. The fourth-order valence-electron chi connectivity index (χ4n) is 3.90. The number of hydrogen-bond acceptors (Lipinski definition) is 6. The van der Waals surface area contributed by atoms with Crippen molar-refractivity contribution < 1.29 is 9.47 Å². The highest BCUT2D eigenvalue weighted by Gasteiger charge is 2.15. The van der Waals surface area contributed by atoms with E-state index >= 15 is 0 Å². The van der Waals surface area contributed by atoms with E-state index in [1.807, 2.05) is 30.3 Å². The molecule has 1 aliphatic rings. The van der Waals surface area contributed by atoms with Crippen LogP contribution in [-0.2, 0) is 17.8 Å². The summed E-state index contributed by atoms with van der Waals surface area (Å²) in [4.78, 5) is 21.5. The molecule has 1 aliphatic heterocycles. The van der Waals surface area contributed by atoms with E-state index in [2.05, 4.69) is 31.5 Å². The largest absolute Gasteiger partial charge is 0.497 e. The number of aromatic amines is 1. The van der Waals surface area contributed by atoms with E-state index in [-0.39, 0.29) is 5.56 Å². The lowest BCUT2D eigenvalue weighted by atomic mass is 10.1. The maximum absolute atomic E-state index is 12.8. The van der Waals surface area contributed by atoms with Crippen molar-refractivity contribution in [2.75, 3.05) is 46.5 Å². The summed E-state index contributed by atoms with van der Waals surface area (Å²) in [5, 5.41) is 7.09. The van der Waals surface area contributed by atoms with Gasteiger partial charge in [0, 0.05) is 36.1 Å². The van der Waals surface area contributed by atoms with Gasteiger partial charge in [-0.05, 0) is 60.2 Å². The lowest BCUT2D eigenvalue weighted by Crippen LogP contribution is -2.41. The molecule has 0 unspecified atom stereocenters. The number of morpholine rings is 1. The molecule has 0 atom stereocenters. The fourth-order valence-corrected chi connectivity index (χ4v) is 4.85. The topological polar surface area (TPSA) is 69.8 Å². The number of fused-ring (bicyclic) bond motifs is 1. The van der Waals surface area contributed by atoms with Crippen LogP contribution in [-0.4, -0.2) is 66.4 Å². The van der Waals surface area contributed by atoms with Crippen molar-refractivity contribution >= 4 is 39.6 Å². The average molecular weight is 487 g/mol. The monoisotopic (exact) mass is 486 g/mol. The van der Waals surface area contributed by atoms with E-state index in [1.165, 1.54) is 4.88 Å². The molecule has 0 radical (unpaired) electrons. The first kappa shape index (κ1) is 23.7. The van der Waals surface area contributed by atoms with Crippen molar-refractivity contribution in [2.24, 2.45) is 0 Å². The van der Waals surface area contributed by atoms with E-state index in [4.69, 9.17) is 21.7 Å². The minimum absolute atomic E-state index is 0.109. The van der Waals surface area contributed by atoms with Crippen LogP contribution < -0.4 is 15.6 Å². The molecule has 0 amide bonds. The molecule has 9 heteroatoms. The number of rotatable bonds is 9. The number of thiocarbonyl (C=S) groups is 1. The number of H-pyrrole nitrogens is 1. The third kappa shape index (κ3) is 6.54. The molecule has 2 N–H and O–H groups in total. The standard InChI is InChI=1S/C24H30N4O3S2/c1-30-20-6-5-18-14-19(23(29)26-22(18)15-20)16-28(17-21-4-2-13-33-21)24(32)25-7-3-8-27-9-11-31-12-10-27/h2,4-6,13-15H,3,7-12,16-17H2,1H3,(H,25,32)(H,26,29). The first-order chi connectivity index (χ1) is 16.1. The average Bonchev–Trinajstić information content (AvgIpc) is 3.35. The van der Waals surface area contributed by atoms with Crippen LogP contribution >= 0.6 is 23.6 Å². The molecule has 1 aromatic carbocycles. The summed E-state index contributed by atoms with van der Waals surface area (Å²) < 4.78 is 10.7. The third-order valence-electron chi connectivity index (χ3n) is 5.74. The van der Waals surface area contributed by atoms with Crippen molar-refractivity contribution in [2.45, 2.75) is 19.5 Å². The Kier molecular flexibility index (Phi) is 8.33. The van der Waals surface area contributed by atoms with Crippen molar-refractivity contribution in [1.82, 2.24) is 20.1 Å². The van der Waals surface area contributed by atoms with Gasteiger partial charge in [-0.25, -0.2) is 0 Å². The summed E-state index contributed by atoms with van der Waals surface area (Å²) in [6, 6.07) is 11.8. The maximum Gasteiger partial charge on any atom is 0.253 e. The Morgan fingerprint density at radius 2 is 2.12 bits per heavy atom. The van der Waals surface area contributed by atoms with Crippen LogP contribution in [0.2, 0.25) is 0 Å². The molecular formula is C24H30N4O3S2. The van der Waals surface area contributed by atoms with Crippen LogP contribution in [0.5, 0.6) is 5.75 Å². The van der Waals surface area contributed by atoms with E-state index < -0.39 is 0 Å². The molecule has 2 aromatic heterocycles. The molecule has 1 fully saturated rings. The van der Waals surface area contributed by atoms with E-state index in [0.29, 0.717) is 29.5 Å². The zero-order valence-electron chi connectivity index (χ0n) is 18.8. The van der Waals surface area contributed by atoms with E-state index in [0.717, 1.165) is 56.7 Å². The minimum Gasteiger partial charge on any atom is -0.497 e. The second kappa shape index (κ2) is 11.6. The van der Waals surface area contributed by atoms with Gasteiger partial charge in [0.25, 0.3) is 5.56 Å². The van der Waals surface area contributed by atoms with Crippen LogP contribution in [0.3, 0.4) is 0 Å². The summed E-state index contributed by atoms with van der Waals surface area (Å²) in [6.07, 6.45) is 1.01. The number of nitrogens with zero attached hydrogens (tertiary/aromatic N) is 2. The van der Waals surface area contributed by atoms with Crippen molar-refractivity contribution in [3.05, 3.63) is 62.6 Å². The number of benzene rings is 1. The van der Waals surface area contributed by atoms with Crippen molar-refractivity contribution in [1.29, 1.82) is 0 Å². The van der Waals surface area contributed by atoms with Gasteiger partial charge in [0.1, 0.15) is 5.75 Å². The number of nitrogens with one attached hydrogen (secondary N) is 2. The van der Waals surface area contributed by atoms with E-state index in [1.54, 1.807) is 18.4 Å². The Morgan fingerprint density at radius 1 is 1.27 bits per heavy atom. The highest BCUT2D eigenvalue weighted by Crippen LogP contribution is 2.20. The van der Waals surface area contributed by atoms with Crippen molar-refractivity contribution in [3.63, 3.8) is 0 Å². The number of methoxy groups -OCH3 is 1. The number of hydrogen-bond donors (Lipinski definition) is 2. The molecule has 0 aliphatic carbocycles. The normalized spacial score (nSPS) is 14.3. The van der Waals surface area contributed by atoms with Gasteiger partial charge in [0.15, 0.2) is 5.11 Å². The lowest BCUT2D eigenvalue weighted by molar-refractivity contribution is 0.0376. The number of pyridine rings is 1. The first-order valence-corrected chi connectivity index (χ1v) is 12.5. The quantitative estimate of drug-likeness (QED) is 0.356. The van der Waals surface area contributed by atoms with Gasteiger partial charge in [-0.2, -0.15) is 0 Å². The van der Waals surface area contributed by atoms with Gasteiger partial charge >= 0.3 is 0 Å². The Labute approximate surface area is 203 Å². The zero-order chi connectivity index (χ0) is 23.0. The van der Waals surface area contributed by atoms with Gasteiger partial charge in [0.2, 0.25) is 0 Å². The second-order valence-corrected chi connectivity index (χ2v) is 9.47. The molecule has 176 valence electrons. The van der Waals surface area contributed by atoms with Gasteiger partial charge in [-0.3, -0.25) is 9.69 Å². The maximum atomic E-state index is 12.8. The second-order valence-electron chi connectivity index (χ2n) is 8.05. The van der Waals surface area contributed by atoms with Gasteiger partial charge < -0.3 is 24.7 Å². The van der Waals surface area contributed by atoms with Gasteiger partial charge in [-0.15, -0.1) is 11.3 Å². The van der Waals surface area contributed by atoms with Crippen LogP contribution in [0, 0.1) is 0 Å². The Bertz CT molecular complexity index is 1110. The molecule has 1 saturated heterocycles. The Balaban J connectivity index is 1.43. The smallest absolute Gasteiger partial charge is 0.253 e. The molecule has 4 rings (SSSR count). The van der Waals surface area contributed by atoms with Crippen LogP contribution in [0.1, 0.15) is 16.9 Å². The summed E-state index contributed by atoms with van der Waals surface area (Å²) in [6.45, 7) is 6.53. The van der Waals surface area contributed by atoms with Gasteiger partial charge in [-0.1, -0.05) is 6.07 Å². The SMILES string of the molecule is COc1ccc2cc(CN(Cc3cccs3)C(=S)NCCCN3CCOCC3)c(=O)[nH]c2c1. The highest BCUT2D eigenvalue weighted by molar-refractivity contribution is 7.80. The third-order valence-corrected chi connectivity index (χ3v) is 7.00.